The van der Waals surface area contributed by atoms with Gasteiger partial charge in [-0.05, 0) is 36.6 Å². The molecule has 0 radical (unpaired) electrons. The summed E-state index contributed by atoms with van der Waals surface area (Å²) in [6.07, 6.45) is -2.14. The lowest BCUT2D eigenvalue weighted by Crippen LogP contribution is -2.19. The van der Waals surface area contributed by atoms with Crippen molar-refractivity contribution in [1.29, 1.82) is 0 Å². The van der Waals surface area contributed by atoms with Crippen molar-refractivity contribution >= 4 is 11.5 Å². The Labute approximate surface area is 163 Å². The van der Waals surface area contributed by atoms with Gasteiger partial charge in [0.25, 0.3) is 0 Å². The number of hydrogen-bond donors (Lipinski definition) is 0. The highest BCUT2D eigenvalue weighted by Gasteiger charge is 2.36. The van der Waals surface area contributed by atoms with Crippen molar-refractivity contribution in [1.82, 2.24) is 9.97 Å². The Hall–Kier alpha value is -2.51. The number of nitrogens with zero attached hydrogens (tertiary/aromatic N) is 3. The van der Waals surface area contributed by atoms with E-state index in [1.165, 1.54) is 11.9 Å². The third kappa shape index (κ3) is 6.00. The third-order valence-corrected chi connectivity index (χ3v) is 3.91. The van der Waals surface area contributed by atoms with Gasteiger partial charge in [-0.2, -0.15) is 18.2 Å². The van der Waals surface area contributed by atoms with Crippen LogP contribution in [0.1, 0.15) is 39.2 Å². The van der Waals surface area contributed by atoms with Crippen molar-refractivity contribution in [3.05, 3.63) is 36.0 Å². The highest BCUT2D eigenvalue weighted by atomic mass is 19.4. The lowest BCUT2D eigenvalue weighted by molar-refractivity contribution is -0.137. The van der Waals surface area contributed by atoms with Crippen LogP contribution in [0.2, 0.25) is 0 Å². The molecule has 0 unspecified atom stereocenters. The van der Waals surface area contributed by atoms with Crippen LogP contribution in [-0.2, 0) is 6.18 Å². The number of ether oxygens (including phenoxy) is 2. The van der Waals surface area contributed by atoms with Gasteiger partial charge in [-0.15, -0.1) is 0 Å². The van der Waals surface area contributed by atoms with Crippen LogP contribution < -0.4 is 14.4 Å². The van der Waals surface area contributed by atoms with Crippen molar-refractivity contribution in [2.45, 2.75) is 39.8 Å². The van der Waals surface area contributed by atoms with E-state index in [0.717, 1.165) is 19.0 Å². The van der Waals surface area contributed by atoms with E-state index < -0.39 is 11.7 Å². The number of halogens is 3. The predicted octanol–water partition coefficient (Wildman–Crippen LogP) is 5.48. The quantitative estimate of drug-likeness (QED) is 0.525. The molecule has 0 N–H and O–H groups in total. The van der Waals surface area contributed by atoms with Gasteiger partial charge < -0.3 is 14.4 Å². The number of alkyl halides is 3. The third-order valence-electron chi connectivity index (χ3n) is 3.91. The molecular formula is C20H26F3N3O2. The molecule has 0 atom stereocenters. The Morgan fingerprint density at radius 3 is 2.36 bits per heavy atom. The van der Waals surface area contributed by atoms with Crippen LogP contribution in [0.15, 0.2) is 30.5 Å². The van der Waals surface area contributed by atoms with E-state index in [0.29, 0.717) is 30.6 Å². The minimum atomic E-state index is -4.58. The monoisotopic (exact) mass is 397 g/mol. The van der Waals surface area contributed by atoms with Gasteiger partial charge in [-0.3, -0.25) is 0 Å². The summed E-state index contributed by atoms with van der Waals surface area (Å²) in [6.45, 7) is 6.99. The number of hydrogen-bond acceptors (Lipinski definition) is 5. The molecule has 0 aliphatic heterocycles. The molecule has 1 aromatic heterocycles. The molecule has 5 nitrogen and oxygen atoms in total. The Balaban J connectivity index is 2.28. The first-order valence-electron chi connectivity index (χ1n) is 9.26. The normalized spacial score (nSPS) is 11.6. The first kappa shape index (κ1) is 21.8. The van der Waals surface area contributed by atoms with Gasteiger partial charge in [-0.1, -0.05) is 27.2 Å². The van der Waals surface area contributed by atoms with Crippen molar-refractivity contribution in [2.24, 2.45) is 5.92 Å². The van der Waals surface area contributed by atoms with E-state index in [1.54, 1.807) is 24.3 Å². The largest absolute Gasteiger partial charge is 0.493 e. The van der Waals surface area contributed by atoms with E-state index in [-0.39, 0.29) is 11.8 Å². The average molecular weight is 397 g/mol. The van der Waals surface area contributed by atoms with Gasteiger partial charge in [0.05, 0.1) is 13.2 Å². The van der Waals surface area contributed by atoms with E-state index in [9.17, 15) is 13.2 Å². The van der Waals surface area contributed by atoms with Gasteiger partial charge >= 0.3 is 12.2 Å². The Morgan fingerprint density at radius 2 is 1.79 bits per heavy atom. The second-order valence-corrected chi connectivity index (χ2v) is 6.85. The zero-order chi connectivity index (χ0) is 20.7. The number of benzene rings is 1. The predicted molar refractivity (Wildman–Crippen MR) is 102 cm³/mol. The molecule has 28 heavy (non-hydrogen) atoms. The average Bonchev–Trinajstić information content (AvgIpc) is 2.65. The maximum absolute atomic E-state index is 13.4. The topological polar surface area (TPSA) is 47.5 Å². The maximum atomic E-state index is 13.4. The fourth-order valence-corrected chi connectivity index (χ4v) is 2.34. The summed E-state index contributed by atoms with van der Waals surface area (Å²) in [6, 6.07) is 6.76. The summed E-state index contributed by atoms with van der Waals surface area (Å²) in [7, 11) is 1.53. The SMILES string of the molecule is CCCCOc1ncc(C(F)(F)F)c(N(C)c2ccc(OCC(C)C)cc2)n1. The summed E-state index contributed by atoms with van der Waals surface area (Å²) >= 11 is 0. The molecule has 0 saturated carbocycles. The maximum Gasteiger partial charge on any atom is 0.421 e. The fourth-order valence-electron chi connectivity index (χ4n) is 2.34. The van der Waals surface area contributed by atoms with Crippen LogP contribution in [0, 0.1) is 5.92 Å². The van der Waals surface area contributed by atoms with E-state index in [1.807, 2.05) is 20.8 Å². The molecule has 0 amide bonds. The summed E-state index contributed by atoms with van der Waals surface area (Å²) in [5, 5.41) is 0. The number of anilines is 2. The van der Waals surface area contributed by atoms with E-state index in [2.05, 4.69) is 9.97 Å². The van der Waals surface area contributed by atoms with Gasteiger partial charge in [-0.25, -0.2) is 4.98 Å². The lowest BCUT2D eigenvalue weighted by atomic mass is 10.2. The van der Waals surface area contributed by atoms with Crippen LogP contribution in [0.25, 0.3) is 0 Å². The standard InChI is InChI=1S/C20H26F3N3O2/c1-5-6-11-27-19-24-12-17(20(21,22)23)18(25-19)26(4)15-7-9-16(10-8-15)28-13-14(2)3/h7-10,12,14H,5-6,11,13H2,1-4H3. The summed E-state index contributed by atoms with van der Waals surface area (Å²) in [5.41, 5.74) is -0.376. The molecule has 1 aromatic carbocycles. The molecule has 0 spiro atoms. The Bertz CT molecular complexity index is 749. The van der Waals surface area contributed by atoms with Crippen LogP contribution >= 0.6 is 0 Å². The molecule has 0 saturated heterocycles. The van der Waals surface area contributed by atoms with Gasteiger partial charge in [0.1, 0.15) is 11.3 Å². The minimum absolute atomic E-state index is 0.0693. The van der Waals surface area contributed by atoms with Crippen LogP contribution in [-0.4, -0.2) is 30.2 Å². The van der Waals surface area contributed by atoms with Crippen LogP contribution in [0.5, 0.6) is 11.8 Å². The van der Waals surface area contributed by atoms with Crippen molar-refractivity contribution in [2.75, 3.05) is 25.2 Å². The molecular weight excluding hydrogens is 371 g/mol. The van der Waals surface area contributed by atoms with Gasteiger partial charge in [0.2, 0.25) is 0 Å². The number of aromatic nitrogens is 2. The molecule has 1 heterocycles. The molecule has 154 valence electrons. The second-order valence-electron chi connectivity index (χ2n) is 6.85. The summed E-state index contributed by atoms with van der Waals surface area (Å²) < 4.78 is 51.3. The number of unbranched alkanes of at least 4 members (excludes halogenated alkanes) is 1. The zero-order valence-electron chi connectivity index (χ0n) is 16.6. The Morgan fingerprint density at radius 1 is 1.11 bits per heavy atom. The van der Waals surface area contributed by atoms with Crippen molar-refractivity contribution in [3.8, 4) is 11.8 Å². The van der Waals surface area contributed by atoms with Crippen LogP contribution in [0.4, 0.5) is 24.7 Å². The Kier molecular flexibility index (Phi) is 7.48. The molecule has 2 aromatic rings. The molecule has 2 rings (SSSR count). The van der Waals surface area contributed by atoms with Gasteiger partial charge in [0.15, 0.2) is 5.82 Å². The van der Waals surface area contributed by atoms with Crippen molar-refractivity contribution in [3.63, 3.8) is 0 Å². The molecule has 0 aliphatic carbocycles. The van der Waals surface area contributed by atoms with Crippen molar-refractivity contribution < 1.29 is 22.6 Å². The zero-order valence-corrected chi connectivity index (χ0v) is 16.6. The fraction of sp³-hybridized carbons (Fsp3) is 0.500. The van der Waals surface area contributed by atoms with Gasteiger partial charge in [0, 0.05) is 18.9 Å². The molecule has 0 aliphatic rings. The smallest absolute Gasteiger partial charge is 0.421 e. The van der Waals surface area contributed by atoms with E-state index in [4.69, 9.17) is 9.47 Å². The second kappa shape index (κ2) is 9.61. The van der Waals surface area contributed by atoms with E-state index >= 15 is 0 Å². The summed E-state index contributed by atoms with van der Waals surface area (Å²) in [5.74, 6) is 0.779. The highest BCUT2D eigenvalue weighted by Crippen LogP contribution is 2.38. The van der Waals surface area contributed by atoms with Crippen LogP contribution in [0.3, 0.4) is 0 Å². The lowest BCUT2D eigenvalue weighted by Gasteiger charge is -2.23. The minimum Gasteiger partial charge on any atom is -0.493 e. The first-order chi connectivity index (χ1) is 13.2. The molecule has 0 bridgehead atoms. The first-order valence-corrected chi connectivity index (χ1v) is 9.26. The molecule has 8 heteroatoms. The summed E-state index contributed by atoms with van der Waals surface area (Å²) in [4.78, 5) is 9.08. The number of rotatable bonds is 9. The molecule has 0 fully saturated rings. The highest BCUT2D eigenvalue weighted by molar-refractivity contribution is 5.63.